The third-order valence-corrected chi connectivity index (χ3v) is 2.72. The molecule has 2 N–H and O–H groups in total. The molecule has 0 bridgehead atoms. The van der Waals surface area contributed by atoms with Crippen molar-refractivity contribution in [1.82, 2.24) is 0 Å². The van der Waals surface area contributed by atoms with Gasteiger partial charge in [0, 0.05) is 6.54 Å². The van der Waals surface area contributed by atoms with E-state index in [4.69, 9.17) is 15.2 Å². The lowest BCUT2D eigenvalue weighted by Gasteiger charge is -2.22. The van der Waals surface area contributed by atoms with Gasteiger partial charge in [-0.3, -0.25) is 0 Å². The highest BCUT2D eigenvalue weighted by Gasteiger charge is 2.17. The van der Waals surface area contributed by atoms with E-state index in [1.807, 2.05) is 13.0 Å². The van der Waals surface area contributed by atoms with Crippen LogP contribution < -0.4 is 15.2 Å². The maximum Gasteiger partial charge on any atom is 0.164 e. The first-order valence-electron chi connectivity index (χ1n) is 4.82. The molecule has 0 saturated heterocycles. The predicted molar refractivity (Wildman–Crippen MR) is 54.8 cm³/mol. The number of nitrogens with two attached hydrogens (primary N) is 1. The highest BCUT2D eigenvalue weighted by atomic mass is 16.6. The summed E-state index contributed by atoms with van der Waals surface area (Å²) < 4.78 is 11.1. The molecule has 0 fully saturated rings. The van der Waals surface area contributed by atoms with Gasteiger partial charge < -0.3 is 15.2 Å². The van der Waals surface area contributed by atoms with Gasteiger partial charge in [0.1, 0.15) is 13.2 Å². The molecule has 3 nitrogen and oxygen atoms in total. The zero-order chi connectivity index (χ0) is 10.1. The summed E-state index contributed by atoms with van der Waals surface area (Å²) >= 11 is 0. The van der Waals surface area contributed by atoms with E-state index in [9.17, 15) is 0 Å². The van der Waals surface area contributed by atoms with Crippen molar-refractivity contribution in [3.63, 3.8) is 0 Å². The number of benzene rings is 1. The van der Waals surface area contributed by atoms with Crippen LogP contribution in [-0.4, -0.2) is 13.2 Å². The smallest absolute Gasteiger partial charge is 0.164 e. The van der Waals surface area contributed by atoms with Crippen LogP contribution in [0.1, 0.15) is 16.7 Å². The first kappa shape index (κ1) is 9.34. The van der Waals surface area contributed by atoms with Crippen LogP contribution in [0.2, 0.25) is 0 Å². The summed E-state index contributed by atoms with van der Waals surface area (Å²) in [7, 11) is 0. The van der Waals surface area contributed by atoms with Gasteiger partial charge in [0.2, 0.25) is 0 Å². The molecule has 14 heavy (non-hydrogen) atoms. The summed E-state index contributed by atoms with van der Waals surface area (Å²) in [4.78, 5) is 0. The zero-order valence-corrected chi connectivity index (χ0v) is 8.59. The molecule has 0 unspecified atom stereocenters. The summed E-state index contributed by atoms with van der Waals surface area (Å²) in [6.07, 6.45) is 0. The Morgan fingerprint density at radius 1 is 1.21 bits per heavy atom. The number of hydrogen-bond acceptors (Lipinski definition) is 3. The van der Waals surface area contributed by atoms with Crippen LogP contribution in [0.25, 0.3) is 0 Å². The zero-order valence-electron chi connectivity index (χ0n) is 8.59. The quantitative estimate of drug-likeness (QED) is 0.735. The van der Waals surface area contributed by atoms with E-state index in [-0.39, 0.29) is 0 Å². The standard InChI is InChI=1S/C11H15NO2/c1-7-8(2)11-10(5-9(7)6-12)13-3-4-14-11/h5H,3-4,6,12H2,1-2H3. The lowest BCUT2D eigenvalue weighted by atomic mass is 10.0. The number of ether oxygens (including phenoxy) is 2. The first-order valence-corrected chi connectivity index (χ1v) is 4.82. The molecule has 0 atom stereocenters. The molecule has 0 amide bonds. The average Bonchev–Trinajstić information content (AvgIpc) is 2.23. The fourth-order valence-electron chi connectivity index (χ4n) is 1.72. The van der Waals surface area contributed by atoms with Gasteiger partial charge in [0.25, 0.3) is 0 Å². The van der Waals surface area contributed by atoms with E-state index < -0.39 is 0 Å². The predicted octanol–water partition coefficient (Wildman–Crippen LogP) is 1.53. The summed E-state index contributed by atoms with van der Waals surface area (Å²) in [6, 6.07) is 1.98. The minimum atomic E-state index is 0.545. The molecule has 1 aromatic carbocycles. The Balaban J connectivity index is 2.57. The Kier molecular flexibility index (Phi) is 2.33. The monoisotopic (exact) mass is 193 g/mol. The largest absolute Gasteiger partial charge is 0.486 e. The summed E-state index contributed by atoms with van der Waals surface area (Å²) in [5.41, 5.74) is 9.13. The van der Waals surface area contributed by atoms with Gasteiger partial charge in [-0.1, -0.05) is 0 Å². The molecule has 1 aromatic rings. The Labute approximate surface area is 83.8 Å². The summed E-state index contributed by atoms with van der Waals surface area (Å²) in [6.45, 7) is 5.91. The topological polar surface area (TPSA) is 44.5 Å². The van der Waals surface area contributed by atoms with Crippen LogP contribution in [-0.2, 0) is 6.54 Å². The van der Waals surface area contributed by atoms with Crippen molar-refractivity contribution in [1.29, 1.82) is 0 Å². The van der Waals surface area contributed by atoms with Gasteiger partial charge >= 0.3 is 0 Å². The van der Waals surface area contributed by atoms with Crippen LogP contribution in [0, 0.1) is 13.8 Å². The van der Waals surface area contributed by atoms with Crippen LogP contribution in [0.15, 0.2) is 6.07 Å². The maximum absolute atomic E-state index is 5.66. The van der Waals surface area contributed by atoms with Gasteiger partial charge in [-0.25, -0.2) is 0 Å². The molecule has 0 radical (unpaired) electrons. The highest BCUT2D eigenvalue weighted by molar-refractivity contribution is 5.54. The molecule has 0 spiro atoms. The minimum absolute atomic E-state index is 0.545. The van der Waals surface area contributed by atoms with E-state index in [0.717, 1.165) is 22.6 Å². The van der Waals surface area contributed by atoms with Crippen molar-refractivity contribution < 1.29 is 9.47 Å². The van der Waals surface area contributed by atoms with E-state index in [1.54, 1.807) is 0 Å². The minimum Gasteiger partial charge on any atom is -0.486 e. The lowest BCUT2D eigenvalue weighted by Crippen LogP contribution is -2.17. The Morgan fingerprint density at radius 3 is 2.64 bits per heavy atom. The second-order valence-electron chi connectivity index (χ2n) is 3.51. The third kappa shape index (κ3) is 1.34. The van der Waals surface area contributed by atoms with E-state index in [2.05, 4.69) is 6.92 Å². The molecular formula is C11H15NO2. The Morgan fingerprint density at radius 2 is 1.93 bits per heavy atom. The molecule has 0 aromatic heterocycles. The van der Waals surface area contributed by atoms with Crippen molar-refractivity contribution >= 4 is 0 Å². The van der Waals surface area contributed by atoms with Crippen molar-refractivity contribution in [3.8, 4) is 11.5 Å². The SMILES string of the molecule is Cc1c(CN)cc2c(c1C)OCCO2. The number of fused-ring (bicyclic) bond motifs is 1. The number of rotatable bonds is 1. The summed E-state index contributed by atoms with van der Waals surface area (Å²) in [5, 5.41) is 0. The van der Waals surface area contributed by atoms with Gasteiger partial charge in [-0.2, -0.15) is 0 Å². The fraction of sp³-hybridized carbons (Fsp3) is 0.455. The average molecular weight is 193 g/mol. The molecule has 0 aliphatic carbocycles. The van der Waals surface area contributed by atoms with Crippen molar-refractivity contribution in [2.24, 2.45) is 5.73 Å². The van der Waals surface area contributed by atoms with Crippen LogP contribution in [0.5, 0.6) is 11.5 Å². The highest BCUT2D eigenvalue weighted by Crippen LogP contribution is 2.37. The number of hydrogen-bond donors (Lipinski definition) is 1. The van der Waals surface area contributed by atoms with Crippen LogP contribution >= 0.6 is 0 Å². The first-order chi connectivity index (χ1) is 6.74. The van der Waals surface area contributed by atoms with Crippen molar-refractivity contribution in [2.75, 3.05) is 13.2 Å². The van der Waals surface area contributed by atoms with Gasteiger partial charge in [-0.05, 0) is 36.6 Å². The molecule has 3 heteroatoms. The van der Waals surface area contributed by atoms with E-state index in [1.165, 1.54) is 5.56 Å². The molecular weight excluding hydrogens is 178 g/mol. The molecule has 1 aliphatic rings. The van der Waals surface area contributed by atoms with Gasteiger partial charge in [0.15, 0.2) is 11.5 Å². The Hall–Kier alpha value is -1.22. The maximum atomic E-state index is 5.66. The van der Waals surface area contributed by atoms with Crippen molar-refractivity contribution in [3.05, 3.63) is 22.8 Å². The normalized spacial score (nSPS) is 14.2. The molecule has 76 valence electrons. The Bertz CT molecular complexity index is 361. The van der Waals surface area contributed by atoms with Gasteiger partial charge in [-0.15, -0.1) is 0 Å². The second kappa shape index (κ2) is 3.50. The lowest BCUT2D eigenvalue weighted by molar-refractivity contribution is 0.170. The van der Waals surface area contributed by atoms with Crippen molar-refractivity contribution in [2.45, 2.75) is 20.4 Å². The van der Waals surface area contributed by atoms with E-state index in [0.29, 0.717) is 19.8 Å². The summed E-state index contributed by atoms with van der Waals surface area (Å²) in [5.74, 6) is 1.71. The van der Waals surface area contributed by atoms with Gasteiger partial charge in [0.05, 0.1) is 0 Å². The second-order valence-corrected chi connectivity index (χ2v) is 3.51. The molecule has 1 heterocycles. The molecule has 2 rings (SSSR count). The molecule has 1 aliphatic heterocycles. The third-order valence-electron chi connectivity index (χ3n) is 2.72. The molecule has 0 saturated carbocycles. The van der Waals surface area contributed by atoms with Crippen LogP contribution in [0.3, 0.4) is 0 Å². The van der Waals surface area contributed by atoms with Crippen LogP contribution in [0.4, 0.5) is 0 Å². The fourth-order valence-corrected chi connectivity index (χ4v) is 1.72. The van der Waals surface area contributed by atoms with E-state index >= 15 is 0 Å².